The summed E-state index contributed by atoms with van der Waals surface area (Å²) in [5.41, 5.74) is 0. The lowest BCUT2D eigenvalue weighted by molar-refractivity contribution is 0.193. The van der Waals surface area contributed by atoms with Gasteiger partial charge in [0, 0.05) is 25.7 Å². The van der Waals surface area contributed by atoms with Gasteiger partial charge in [-0.05, 0) is 19.4 Å². The fourth-order valence-corrected chi connectivity index (χ4v) is 2.25. The van der Waals surface area contributed by atoms with Gasteiger partial charge in [-0.2, -0.15) is 0 Å². The van der Waals surface area contributed by atoms with E-state index in [9.17, 15) is 0 Å². The maximum atomic E-state index is 3.62. The zero-order valence-corrected chi connectivity index (χ0v) is 9.89. The molecular formula is C12H26N2. The third-order valence-corrected chi connectivity index (χ3v) is 3.04. The average molecular weight is 198 g/mol. The van der Waals surface area contributed by atoms with Crippen molar-refractivity contribution in [2.24, 2.45) is 0 Å². The van der Waals surface area contributed by atoms with Crippen molar-refractivity contribution in [3.8, 4) is 0 Å². The summed E-state index contributed by atoms with van der Waals surface area (Å²) in [6.07, 6.45) is 6.79. The van der Waals surface area contributed by atoms with Crippen molar-refractivity contribution in [1.82, 2.24) is 10.2 Å². The van der Waals surface area contributed by atoms with Gasteiger partial charge in [0.2, 0.25) is 0 Å². The molecule has 1 heterocycles. The highest BCUT2D eigenvalue weighted by molar-refractivity contribution is 4.78. The molecule has 2 nitrogen and oxygen atoms in total. The maximum Gasteiger partial charge on any atom is 0.0195 e. The quantitative estimate of drug-likeness (QED) is 0.659. The second-order valence-corrected chi connectivity index (χ2v) is 4.45. The Morgan fingerprint density at radius 2 is 2.07 bits per heavy atom. The molecule has 0 bridgehead atoms. The molecule has 0 aliphatic carbocycles. The minimum atomic E-state index is 0.766. The van der Waals surface area contributed by atoms with Crippen LogP contribution in [-0.2, 0) is 0 Å². The third-order valence-electron chi connectivity index (χ3n) is 3.04. The van der Waals surface area contributed by atoms with E-state index >= 15 is 0 Å². The van der Waals surface area contributed by atoms with E-state index in [4.69, 9.17) is 0 Å². The molecule has 1 aliphatic rings. The first kappa shape index (κ1) is 12.0. The van der Waals surface area contributed by atoms with Gasteiger partial charge in [0.1, 0.15) is 0 Å². The van der Waals surface area contributed by atoms with E-state index < -0.39 is 0 Å². The predicted molar refractivity (Wildman–Crippen MR) is 62.7 cm³/mol. The van der Waals surface area contributed by atoms with Crippen LogP contribution in [-0.4, -0.2) is 37.1 Å². The van der Waals surface area contributed by atoms with Crippen LogP contribution in [0.15, 0.2) is 0 Å². The highest BCUT2D eigenvalue weighted by Crippen LogP contribution is 2.08. The first-order valence-electron chi connectivity index (χ1n) is 6.32. The topological polar surface area (TPSA) is 15.3 Å². The normalized spacial score (nSPS) is 24.0. The van der Waals surface area contributed by atoms with Crippen LogP contribution in [0.2, 0.25) is 0 Å². The molecule has 0 aromatic heterocycles. The van der Waals surface area contributed by atoms with Crippen molar-refractivity contribution >= 4 is 0 Å². The average Bonchev–Trinajstić information content (AvgIpc) is 2.19. The van der Waals surface area contributed by atoms with Crippen LogP contribution < -0.4 is 5.32 Å². The zero-order chi connectivity index (χ0) is 10.2. The van der Waals surface area contributed by atoms with Gasteiger partial charge >= 0.3 is 0 Å². The molecule has 1 fully saturated rings. The fourth-order valence-electron chi connectivity index (χ4n) is 2.25. The third kappa shape index (κ3) is 4.43. The lowest BCUT2D eigenvalue weighted by Gasteiger charge is -2.33. The summed E-state index contributed by atoms with van der Waals surface area (Å²) in [5, 5.41) is 3.62. The fraction of sp³-hybridized carbons (Fsp3) is 1.00. The van der Waals surface area contributed by atoms with Crippen LogP contribution >= 0.6 is 0 Å². The van der Waals surface area contributed by atoms with Crippen molar-refractivity contribution < 1.29 is 0 Å². The summed E-state index contributed by atoms with van der Waals surface area (Å²) in [4.78, 5) is 2.60. The van der Waals surface area contributed by atoms with Crippen molar-refractivity contribution in [2.75, 3.05) is 26.2 Å². The number of nitrogens with one attached hydrogen (secondary N) is 1. The highest BCUT2D eigenvalue weighted by Gasteiger charge is 2.17. The van der Waals surface area contributed by atoms with E-state index in [1.54, 1.807) is 0 Å². The van der Waals surface area contributed by atoms with Crippen LogP contribution in [0.4, 0.5) is 0 Å². The van der Waals surface area contributed by atoms with Gasteiger partial charge in [0.25, 0.3) is 0 Å². The van der Waals surface area contributed by atoms with Crippen LogP contribution in [0, 0.1) is 0 Å². The Morgan fingerprint density at radius 1 is 1.21 bits per heavy atom. The highest BCUT2D eigenvalue weighted by atomic mass is 15.2. The summed E-state index contributed by atoms with van der Waals surface area (Å²) in [6, 6.07) is 0.766. The second-order valence-electron chi connectivity index (χ2n) is 4.45. The molecule has 0 aromatic rings. The molecule has 0 radical (unpaired) electrons. The maximum absolute atomic E-state index is 3.62. The minimum absolute atomic E-state index is 0.766. The molecule has 1 saturated heterocycles. The van der Waals surface area contributed by atoms with Crippen molar-refractivity contribution in [3.05, 3.63) is 0 Å². The second kappa shape index (κ2) is 7.24. The summed E-state index contributed by atoms with van der Waals surface area (Å²) in [7, 11) is 0. The summed E-state index contributed by atoms with van der Waals surface area (Å²) >= 11 is 0. The van der Waals surface area contributed by atoms with E-state index in [0.717, 1.165) is 6.04 Å². The summed E-state index contributed by atoms with van der Waals surface area (Å²) in [6.45, 7) is 9.55. The van der Waals surface area contributed by atoms with E-state index in [1.807, 2.05) is 0 Å². The zero-order valence-electron chi connectivity index (χ0n) is 9.89. The largest absolute Gasteiger partial charge is 0.311 e. The summed E-state index contributed by atoms with van der Waals surface area (Å²) < 4.78 is 0. The molecule has 1 N–H and O–H groups in total. The first-order valence-corrected chi connectivity index (χ1v) is 6.32. The molecule has 1 unspecified atom stereocenters. The number of hydrogen-bond acceptors (Lipinski definition) is 2. The van der Waals surface area contributed by atoms with E-state index in [2.05, 4.69) is 24.1 Å². The van der Waals surface area contributed by atoms with Crippen LogP contribution in [0.3, 0.4) is 0 Å². The predicted octanol–water partition coefficient (Wildman–Crippen LogP) is 2.25. The Labute approximate surface area is 89.1 Å². The van der Waals surface area contributed by atoms with E-state index in [-0.39, 0.29) is 0 Å². The molecule has 0 spiro atoms. The number of hydrogen-bond donors (Lipinski definition) is 1. The SMILES string of the molecule is CCCCCC1CN(CCC)CCN1. The minimum Gasteiger partial charge on any atom is -0.311 e. The number of nitrogens with zero attached hydrogens (tertiary/aromatic N) is 1. The number of rotatable bonds is 6. The first-order chi connectivity index (χ1) is 6.86. The van der Waals surface area contributed by atoms with Gasteiger partial charge in [-0.15, -0.1) is 0 Å². The van der Waals surface area contributed by atoms with Gasteiger partial charge < -0.3 is 10.2 Å². The molecule has 0 saturated carbocycles. The van der Waals surface area contributed by atoms with Crippen LogP contribution in [0.1, 0.15) is 46.0 Å². The smallest absolute Gasteiger partial charge is 0.0195 e. The van der Waals surface area contributed by atoms with E-state index in [0.29, 0.717) is 0 Å². The van der Waals surface area contributed by atoms with Gasteiger partial charge in [0.05, 0.1) is 0 Å². The van der Waals surface area contributed by atoms with Crippen molar-refractivity contribution in [2.45, 2.75) is 52.0 Å². The van der Waals surface area contributed by atoms with Gasteiger partial charge in [-0.1, -0.05) is 33.1 Å². The Bertz CT molecular complexity index is 134. The van der Waals surface area contributed by atoms with Gasteiger partial charge in [-0.3, -0.25) is 0 Å². The van der Waals surface area contributed by atoms with E-state index in [1.165, 1.54) is 58.3 Å². The van der Waals surface area contributed by atoms with Crippen molar-refractivity contribution in [1.29, 1.82) is 0 Å². The van der Waals surface area contributed by atoms with Crippen LogP contribution in [0.25, 0.3) is 0 Å². The van der Waals surface area contributed by atoms with Crippen molar-refractivity contribution in [3.63, 3.8) is 0 Å². The Hall–Kier alpha value is -0.0800. The van der Waals surface area contributed by atoms with Gasteiger partial charge in [-0.25, -0.2) is 0 Å². The molecule has 0 amide bonds. The lowest BCUT2D eigenvalue weighted by atomic mass is 10.1. The van der Waals surface area contributed by atoms with Gasteiger partial charge in [0.15, 0.2) is 0 Å². The monoisotopic (exact) mass is 198 g/mol. The Morgan fingerprint density at radius 3 is 2.79 bits per heavy atom. The number of piperazine rings is 1. The molecule has 1 rings (SSSR count). The molecular weight excluding hydrogens is 172 g/mol. The van der Waals surface area contributed by atoms with Crippen LogP contribution in [0.5, 0.6) is 0 Å². The Kier molecular flexibility index (Phi) is 6.20. The lowest BCUT2D eigenvalue weighted by Crippen LogP contribution is -2.50. The molecule has 84 valence electrons. The summed E-state index contributed by atoms with van der Waals surface area (Å²) in [5.74, 6) is 0. The molecule has 1 aliphatic heterocycles. The molecule has 0 aromatic carbocycles. The molecule has 1 atom stereocenters. The molecule has 2 heteroatoms. The standard InChI is InChI=1S/C12H26N2/c1-3-5-6-7-12-11-14(9-4-2)10-8-13-12/h12-13H,3-11H2,1-2H3. The Balaban J connectivity index is 2.12. The number of unbranched alkanes of at least 4 members (excludes halogenated alkanes) is 2. The molecule has 14 heavy (non-hydrogen) atoms.